The van der Waals surface area contributed by atoms with E-state index in [0.717, 1.165) is 27.1 Å². The molecule has 3 aromatic rings. The number of aliphatic hydroxyl groups is 1. The van der Waals surface area contributed by atoms with E-state index in [-0.39, 0.29) is 12.4 Å². The maximum Gasteiger partial charge on any atom is 0.123 e. The zero-order valence-electron chi connectivity index (χ0n) is 11.6. The van der Waals surface area contributed by atoms with Gasteiger partial charge in [-0.3, -0.25) is 4.68 Å². The second-order valence-electron chi connectivity index (χ2n) is 4.85. The number of nitrogens with zero attached hydrogens (tertiary/aromatic N) is 2. The van der Waals surface area contributed by atoms with Crippen LogP contribution in [0.15, 0.2) is 47.4 Å². The Morgan fingerprint density at radius 2 is 1.95 bits per heavy atom. The van der Waals surface area contributed by atoms with Crippen LogP contribution >= 0.6 is 11.8 Å². The second-order valence-corrected chi connectivity index (χ2v) is 5.90. The van der Waals surface area contributed by atoms with E-state index in [1.807, 2.05) is 31.3 Å². The van der Waals surface area contributed by atoms with E-state index in [1.165, 1.54) is 6.07 Å². The fourth-order valence-corrected chi connectivity index (χ4v) is 3.19. The van der Waals surface area contributed by atoms with Crippen molar-refractivity contribution in [2.45, 2.75) is 17.3 Å². The lowest BCUT2D eigenvalue weighted by molar-refractivity contribution is 0.275. The summed E-state index contributed by atoms with van der Waals surface area (Å²) in [4.78, 5) is 1.08. The van der Waals surface area contributed by atoms with Crippen LogP contribution in [0.2, 0.25) is 0 Å². The van der Waals surface area contributed by atoms with Crippen LogP contribution in [0.4, 0.5) is 4.39 Å². The molecule has 21 heavy (non-hydrogen) atoms. The smallest absolute Gasteiger partial charge is 0.123 e. The average Bonchev–Trinajstić information content (AvgIpc) is 2.85. The SMILES string of the molecule is Cn1nc(CO)cc1CSc1ccc2ccc(F)cc2c1. The minimum atomic E-state index is -0.219. The molecule has 0 aliphatic carbocycles. The maximum atomic E-state index is 13.3. The van der Waals surface area contributed by atoms with Gasteiger partial charge >= 0.3 is 0 Å². The highest BCUT2D eigenvalue weighted by atomic mass is 32.2. The summed E-state index contributed by atoms with van der Waals surface area (Å²) >= 11 is 1.67. The van der Waals surface area contributed by atoms with E-state index in [1.54, 1.807) is 28.6 Å². The first-order chi connectivity index (χ1) is 10.2. The molecule has 1 aromatic heterocycles. The Balaban J connectivity index is 1.79. The molecule has 0 spiro atoms. The van der Waals surface area contributed by atoms with Gasteiger partial charge in [-0.1, -0.05) is 12.1 Å². The number of halogens is 1. The predicted octanol–water partition coefficient (Wildman–Crippen LogP) is 3.50. The first-order valence-electron chi connectivity index (χ1n) is 6.60. The number of aryl methyl sites for hydroxylation is 1. The largest absolute Gasteiger partial charge is 0.390 e. The number of hydrogen-bond donors (Lipinski definition) is 1. The summed E-state index contributed by atoms with van der Waals surface area (Å²) in [6, 6.07) is 12.7. The quantitative estimate of drug-likeness (QED) is 0.750. The van der Waals surface area contributed by atoms with Crippen molar-refractivity contribution < 1.29 is 9.50 Å². The Bertz CT molecular complexity index is 785. The van der Waals surface area contributed by atoms with Crippen molar-refractivity contribution in [1.82, 2.24) is 9.78 Å². The topological polar surface area (TPSA) is 38.0 Å². The van der Waals surface area contributed by atoms with Gasteiger partial charge < -0.3 is 5.11 Å². The molecule has 1 heterocycles. The fourth-order valence-electron chi connectivity index (χ4n) is 2.23. The van der Waals surface area contributed by atoms with Gasteiger partial charge in [-0.05, 0) is 41.1 Å². The zero-order valence-corrected chi connectivity index (χ0v) is 12.4. The van der Waals surface area contributed by atoms with E-state index < -0.39 is 0 Å². The van der Waals surface area contributed by atoms with E-state index >= 15 is 0 Å². The Kier molecular flexibility index (Phi) is 3.94. The molecule has 0 radical (unpaired) electrons. The lowest BCUT2D eigenvalue weighted by Crippen LogP contribution is -1.96. The molecular weight excluding hydrogens is 287 g/mol. The van der Waals surface area contributed by atoms with Gasteiger partial charge in [0.2, 0.25) is 0 Å². The molecule has 0 aliphatic rings. The molecule has 3 rings (SSSR count). The van der Waals surface area contributed by atoms with Crippen LogP contribution in [0.3, 0.4) is 0 Å². The van der Waals surface area contributed by atoms with Gasteiger partial charge in [-0.2, -0.15) is 5.10 Å². The monoisotopic (exact) mass is 302 g/mol. The number of aromatic nitrogens is 2. The van der Waals surface area contributed by atoms with Gasteiger partial charge in [0.25, 0.3) is 0 Å². The second kappa shape index (κ2) is 5.87. The van der Waals surface area contributed by atoms with Crippen LogP contribution in [0.5, 0.6) is 0 Å². The molecule has 0 atom stereocenters. The molecule has 0 saturated carbocycles. The minimum absolute atomic E-state index is 0.0479. The van der Waals surface area contributed by atoms with Crippen LogP contribution in [0.1, 0.15) is 11.4 Å². The molecule has 0 amide bonds. The van der Waals surface area contributed by atoms with Crippen LogP contribution in [0, 0.1) is 5.82 Å². The number of hydrogen-bond acceptors (Lipinski definition) is 3. The van der Waals surface area contributed by atoms with Gasteiger partial charge in [0.15, 0.2) is 0 Å². The summed E-state index contributed by atoms with van der Waals surface area (Å²) in [5, 5.41) is 15.2. The molecule has 0 fully saturated rings. The van der Waals surface area contributed by atoms with E-state index in [9.17, 15) is 4.39 Å². The molecule has 2 aromatic carbocycles. The normalized spacial score (nSPS) is 11.2. The number of fused-ring (bicyclic) bond motifs is 1. The van der Waals surface area contributed by atoms with Crippen molar-refractivity contribution >= 4 is 22.5 Å². The third-order valence-corrected chi connectivity index (χ3v) is 4.38. The van der Waals surface area contributed by atoms with Crippen molar-refractivity contribution in [1.29, 1.82) is 0 Å². The number of thioether (sulfide) groups is 1. The standard InChI is InChI=1S/C16H15FN2OS/c1-19-15(8-14(9-20)18-19)10-21-16-5-3-11-2-4-13(17)6-12(11)7-16/h2-8,20H,9-10H2,1H3. The fraction of sp³-hybridized carbons (Fsp3) is 0.188. The Labute approximate surface area is 126 Å². The molecular formula is C16H15FN2OS. The molecule has 0 aliphatic heterocycles. The number of benzene rings is 2. The van der Waals surface area contributed by atoms with Crippen LogP contribution < -0.4 is 0 Å². The molecule has 108 valence electrons. The van der Waals surface area contributed by atoms with Gasteiger partial charge in [0.1, 0.15) is 5.82 Å². The third kappa shape index (κ3) is 3.09. The van der Waals surface area contributed by atoms with Gasteiger partial charge in [0.05, 0.1) is 12.3 Å². The Hall–Kier alpha value is -1.85. The van der Waals surface area contributed by atoms with Gasteiger partial charge in [-0.15, -0.1) is 11.8 Å². The summed E-state index contributed by atoms with van der Waals surface area (Å²) in [7, 11) is 1.87. The van der Waals surface area contributed by atoms with Gasteiger partial charge in [-0.25, -0.2) is 4.39 Å². The highest BCUT2D eigenvalue weighted by Crippen LogP contribution is 2.27. The Morgan fingerprint density at radius 3 is 2.71 bits per heavy atom. The minimum Gasteiger partial charge on any atom is -0.390 e. The van der Waals surface area contributed by atoms with Crippen molar-refractivity contribution in [2.24, 2.45) is 7.05 Å². The van der Waals surface area contributed by atoms with Crippen LogP contribution in [0.25, 0.3) is 10.8 Å². The predicted molar refractivity (Wildman–Crippen MR) is 82.6 cm³/mol. The molecule has 1 N–H and O–H groups in total. The maximum absolute atomic E-state index is 13.3. The summed E-state index contributed by atoms with van der Waals surface area (Å²) in [6.07, 6.45) is 0. The van der Waals surface area contributed by atoms with E-state index in [2.05, 4.69) is 5.10 Å². The van der Waals surface area contributed by atoms with Gasteiger partial charge in [0, 0.05) is 23.4 Å². The summed E-state index contributed by atoms with van der Waals surface area (Å²) in [5.41, 5.74) is 1.72. The first kappa shape index (κ1) is 14.1. The molecule has 3 nitrogen and oxygen atoms in total. The molecule has 5 heteroatoms. The summed E-state index contributed by atoms with van der Waals surface area (Å²) in [5.74, 6) is 0.536. The van der Waals surface area contributed by atoms with Crippen LogP contribution in [-0.2, 0) is 19.4 Å². The highest BCUT2D eigenvalue weighted by molar-refractivity contribution is 7.98. The lowest BCUT2D eigenvalue weighted by Gasteiger charge is -2.04. The average molecular weight is 302 g/mol. The van der Waals surface area contributed by atoms with Crippen molar-refractivity contribution in [3.63, 3.8) is 0 Å². The van der Waals surface area contributed by atoms with Crippen molar-refractivity contribution in [3.05, 3.63) is 59.7 Å². The third-order valence-electron chi connectivity index (χ3n) is 3.35. The lowest BCUT2D eigenvalue weighted by atomic mass is 10.1. The summed E-state index contributed by atoms with van der Waals surface area (Å²) in [6.45, 7) is -0.0479. The summed E-state index contributed by atoms with van der Waals surface area (Å²) < 4.78 is 15.0. The molecule has 0 saturated heterocycles. The first-order valence-corrected chi connectivity index (χ1v) is 7.59. The number of aliphatic hydroxyl groups excluding tert-OH is 1. The zero-order chi connectivity index (χ0) is 14.8. The number of rotatable bonds is 4. The van der Waals surface area contributed by atoms with Crippen molar-refractivity contribution in [2.75, 3.05) is 0 Å². The van der Waals surface area contributed by atoms with E-state index in [4.69, 9.17) is 5.11 Å². The molecule has 0 bridgehead atoms. The van der Waals surface area contributed by atoms with E-state index in [0.29, 0.717) is 5.69 Å². The van der Waals surface area contributed by atoms with Crippen LogP contribution in [-0.4, -0.2) is 14.9 Å². The molecule has 0 unspecified atom stereocenters. The Morgan fingerprint density at radius 1 is 1.14 bits per heavy atom. The highest BCUT2D eigenvalue weighted by Gasteiger charge is 2.06. The van der Waals surface area contributed by atoms with Crippen molar-refractivity contribution in [3.8, 4) is 0 Å².